The predicted octanol–water partition coefficient (Wildman–Crippen LogP) is 2.06. The van der Waals surface area contributed by atoms with Crippen LogP contribution in [0.5, 0.6) is 5.75 Å². The molecule has 0 amide bonds. The number of aromatic nitrogens is 1. The lowest BCUT2D eigenvalue weighted by atomic mass is 10.1. The van der Waals surface area contributed by atoms with E-state index in [2.05, 4.69) is 4.98 Å². The van der Waals surface area contributed by atoms with E-state index < -0.39 is 11.9 Å². The summed E-state index contributed by atoms with van der Waals surface area (Å²) < 4.78 is 5.49. The van der Waals surface area contributed by atoms with Gasteiger partial charge in [-0.3, -0.25) is 9.78 Å². The molecule has 0 spiro atoms. The van der Waals surface area contributed by atoms with Crippen LogP contribution in [-0.4, -0.2) is 22.2 Å². The van der Waals surface area contributed by atoms with E-state index in [0.29, 0.717) is 11.4 Å². The van der Waals surface area contributed by atoms with Crippen LogP contribution in [0.4, 0.5) is 0 Å². The molecular weight excluding hydrogens is 194 g/mol. The summed E-state index contributed by atoms with van der Waals surface area (Å²) in [6.07, 6.45) is 1.58. The van der Waals surface area contributed by atoms with Crippen LogP contribution in [0.15, 0.2) is 18.3 Å². The Hall–Kier alpha value is -1.58. The first-order valence-electron chi connectivity index (χ1n) is 4.86. The van der Waals surface area contributed by atoms with E-state index >= 15 is 0 Å². The average Bonchev–Trinajstić information content (AvgIpc) is 2.16. The summed E-state index contributed by atoms with van der Waals surface area (Å²) in [5.74, 6) is -1.01. The lowest BCUT2D eigenvalue weighted by molar-refractivity contribution is -0.138. The van der Waals surface area contributed by atoms with Crippen molar-refractivity contribution < 1.29 is 14.6 Å². The second kappa shape index (κ2) is 4.77. The molecule has 0 bridgehead atoms. The first kappa shape index (κ1) is 11.5. The highest BCUT2D eigenvalue weighted by Gasteiger charge is 2.19. The minimum absolute atomic E-state index is 0.00828. The van der Waals surface area contributed by atoms with E-state index in [0.717, 1.165) is 0 Å². The molecular formula is C11H15NO3. The van der Waals surface area contributed by atoms with Gasteiger partial charge in [0.15, 0.2) is 0 Å². The fraction of sp³-hybridized carbons (Fsp3) is 0.455. The summed E-state index contributed by atoms with van der Waals surface area (Å²) in [5, 5.41) is 8.90. The van der Waals surface area contributed by atoms with Crippen molar-refractivity contribution in [2.45, 2.75) is 32.8 Å². The second-order valence-electron chi connectivity index (χ2n) is 3.61. The highest BCUT2D eigenvalue weighted by Crippen LogP contribution is 2.24. The van der Waals surface area contributed by atoms with Gasteiger partial charge in [-0.1, -0.05) is 0 Å². The zero-order chi connectivity index (χ0) is 11.4. The van der Waals surface area contributed by atoms with Crippen molar-refractivity contribution in [2.75, 3.05) is 0 Å². The Morgan fingerprint density at radius 3 is 2.67 bits per heavy atom. The zero-order valence-corrected chi connectivity index (χ0v) is 9.10. The van der Waals surface area contributed by atoms with Gasteiger partial charge < -0.3 is 9.84 Å². The minimum Gasteiger partial charge on any atom is -0.489 e. The van der Waals surface area contributed by atoms with Gasteiger partial charge in [0.25, 0.3) is 0 Å². The Labute approximate surface area is 88.9 Å². The van der Waals surface area contributed by atoms with Crippen molar-refractivity contribution in [1.82, 2.24) is 4.98 Å². The lowest BCUT2D eigenvalue weighted by Crippen LogP contribution is -2.14. The van der Waals surface area contributed by atoms with Crippen molar-refractivity contribution in [3.63, 3.8) is 0 Å². The Balaban J connectivity index is 3.00. The number of rotatable bonds is 4. The molecule has 1 aromatic heterocycles. The van der Waals surface area contributed by atoms with E-state index in [-0.39, 0.29) is 6.10 Å². The fourth-order valence-corrected chi connectivity index (χ4v) is 1.20. The van der Waals surface area contributed by atoms with Gasteiger partial charge in [-0.2, -0.15) is 0 Å². The molecule has 4 nitrogen and oxygen atoms in total. The van der Waals surface area contributed by atoms with Crippen LogP contribution in [-0.2, 0) is 4.79 Å². The summed E-state index contributed by atoms with van der Waals surface area (Å²) in [4.78, 5) is 14.9. The van der Waals surface area contributed by atoms with Crippen LogP contribution in [0.3, 0.4) is 0 Å². The fourth-order valence-electron chi connectivity index (χ4n) is 1.20. The molecule has 1 N–H and O–H groups in total. The van der Waals surface area contributed by atoms with Crippen LogP contribution in [0.25, 0.3) is 0 Å². The van der Waals surface area contributed by atoms with E-state index in [1.165, 1.54) is 0 Å². The lowest BCUT2D eigenvalue weighted by Gasteiger charge is -2.15. The Bertz CT molecular complexity index is 349. The molecule has 0 aliphatic carbocycles. The molecule has 0 fully saturated rings. The summed E-state index contributed by atoms with van der Waals surface area (Å²) in [7, 11) is 0. The van der Waals surface area contributed by atoms with Crippen LogP contribution >= 0.6 is 0 Å². The second-order valence-corrected chi connectivity index (χ2v) is 3.61. The summed E-state index contributed by atoms with van der Waals surface area (Å²) >= 11 is 0. The molecule has 0 radical (unpaired) electrons. The molecule has 1 atom stereocenters. The highest BCUT2D eigenvalue weighted by atomic mass is 16.5. The van der Waals surface area contributed by atoms with Gasteiger partial charge in [-0.25, -0.2) is 0 Å². The van der Waals surface area contributed by atoms with E-state index in [4.69, 9.17) is 9.84 Å². The predicted molar refractivity (Wildman–Crippen MR) is 56.1 cm³/mol. The number of ether oxygens (including phenoxy) is 1. The van der Waals surface area contributed by atoms with Crippen molar-refractivity contribution in [3.05, 3.63) is 24.0 Å². The van der Waals surface area contributed by atoms with Crippen LogP contribution < -0.4 is 4.74 Å². The normalized spacial score (nSPS) is 12.5. The van der Waals surface area contributed by atoms with Gasteiger partial charge in [0.1, 0.15) is 5.75 Å². The largest absolute Gasteiger partial charge is 0.489 e. The Kier molecular flexibility index (Phi) is 3.66. The molecule has 0 aliphatic heterocycles. The zero-order valence-electron chi connectivity index (χ0n) is 9.10. The summed E-state index contributed by atoms with van der Waals surface area (Å²) in [5.41, 5.74) is 0.471. The first-order valence-corrected chi connectivity index (χ1v) is 4.86. The highest BCUT2D eigenvalue weighted by molar-refractivity contribution is 5.75. The van der Waals surface area contributed by atoms with Gasteiger partial charge in [-0.15, -0.1) is 0 Å². The first-order chi connectivity index (χ1) is 7.02. The van der Waals surface area contributed by atoms with Crippen molar-refractivity contribution in [1.29, 1.82) is 0 Å². The van der Waals surface area contributed by atoms with Crippen molar-refractivity contribution >= 4 is 5.97 Å². The molecule has 1 unspecified atom stereocenters. The summed E-state index contributed by atoms with van der Waals surface area (Å²) in [6.45, 7) is 5.38. The molecule has 4 heteroatoms. The van der Waals surface area contributed by atoms with E-state index in [9.17, 15) is 4.79 Å². The topological polar surface area (TPSA) is 59.4 Å². The standard InChI is InChI=1S/C11H15NO3/c1-7(2)15-9-5-4-6-12-10(9)8(3)11(13)14/h4-8H,1-3H3,(H,13,14). The van der Waals surface area contributed by atoms with Gasteiger partial charge >= 0.3 is 5.97 Å². The number of carbonyl (C=O) groups is 1. The third kappa shape index (κ3) is 2.94. The van der Waals surface area contributed by atoms with Gasteiger partial charge in [0.05, 0.1) is 17.7 Å². The van der Waals surface area contributed by atoms with Crippen molar-refractivity contribution in [3.8, 4) is 5.75 Å². The van der Waals surface area contributed by atoms with Gasteiger partial charge in [-0.05, 0) is 32.9 Å². The van der Waals surface area contributed by atoms with Gasteiger partial charge in [0, 0.05) is 6.20 Å². The number of hydrogen-bond acceptors (Lipinski definition) is 3. The number of carboxylic acids is 1. The molecule has 0 saturated heterocycles. The number of aliphatic carboxylic acids is 1. The minimum atomic E-state index is -0.901. The third-order valence-electron chi connectivity index (χ3n) is 1.94. The summed E-state index contributed by atoms with van der Waals surface area (Å²) in [6, 6.07) is 3.47. The molecule has 1 rings (SSSR count). The maximum Gasteiger partial charge on any atom is 0.312 e. The third-order valence-corrected chi connectivity index (χ3v) is 1.94. The maximum absolute atomic E-state index is 10.8. The average molecular weight is 209 g/mol. The Morgan fingerprint density at radius 2 is 2.13 bits per heavy atom. The maximum atomic E-state index is 10.8. The van der Waals surface area contributed by atoms with Crippen LogP contribution in [0.2, 0.25) is 0 Å². The number of nitrogens with zero attached hydrogens (tertiary/aromatic N) is 1. The number of carboxylic acid groups (broad SMARTS) is 1. The smallest absolute Gasteiger partial charge is 0.312 e. The molecule has 0 aliphatic rings. The number of hydrogen-bond donors (Lipinski definition) is 1. The molecule has 0 saturated carbocycles. The SMILES string of the molecule is CC(C)Oc1cccnc1C(C)C(=O)O. The van der Waals surface area contributed by atoms with Crippen LogP contribution in [0.1, 0.15) is 32.4 Å². The molecule has 82 valence electrons. The van der Waals surface area contributed by atoms with Gasteiger partial charge in [0.2, 0.25) is 0 Å². The molecule has 0 aromatic carbocycles. The van der Waals surface area contributed by atoms with E-state index in [1.807, 2.05) is 13.8 Å². The molecule has 15 heavy (non-hydrogen) atoms. The van der Waals surface area contributed by atoms with E-state index in [1.54, 1.807) is 25.3 Å². The monoisotopic (exact) mass is 209 g/mol. The Morgan fingerprint density at radius 1 is 1.47 bits per heavy atom. The van der Waals surface area contributed by atoms with Crippen molar-refractivity contribution in [2.24, 2.45) is 0 Å². The quantitative estimate of drug-likeness (QED) is 0.824. The number of pyridine rings is 1. The molecule has 1 heterocycles. The van der Waals surface area contributed by atoms with Crippen LogP contribution in [0, 0.1) is 0 Å². The molecule has 1 aromatic rings.